The molecule has 0 atom stereocenters. The summed E-state index contributed by atoms with van der Waals surface area (Å²) in [7, 11) is 0. The van der Waals surface area contributed by atoms with Crippen molar-refractivity contribution in [3.63, 3.8) is 0 Å². The molecule has 0 aliphatic carbocycles. The molecule has 5 nitrogen and oxygen atoms in total. The number of nitrogens with zero attached hydrogens (tertiary/aromatic N) is 2. The Balaban J connectivity index is 1.87. The van der Waals surface area contributed by atoms with Crippen LogP contribution in [0.1, 0.15) is 26.3 Å². The van der Waals surface area contributed by atoms with Crippen molar-refractivity contribution in [1.82, 2.24) is 9.80 Å². The zero-order valence-electron chi connectivity index (χ0n) is 13.4. The summed E-state index contributed by atoms with van der Waals surface area (Å²) in [5, 5.41) is 0. The van der Waals surface area contributed by atoms with E-state index in [0.29, 0.717) is 13.1 Å². The molecule has 1 aromatic carbocycles. The summed E-state index contributed by atoms with van der Waals surface area (Å²) in [6, 6.07) is 5.92. The Bertz CT molecular complexity index is 535. The van der Waals surface area contributed by atoms with E-state index in [4.69, 9.17) is 10.5 Å². The minimum absolute atomic E-state index is 0.225. The van der Waals surface area contributed by atoms with Gasteiger partial charge in [0.15, 0.2) is 0 Å². The van der Waals surface area contributed by atoms with E-state index in [2.05, 4.69) is 26.9 Å². The number of ether oxygens (including phenoxy) is 1. The first-order chi connectivity index (χ1) is 10.3. The molecule has 2 N–H and O–H groups in total. The van der Waals surface area contributed by atoms with Crippen molar-refractivity contribution in [3.05, 3.63) is 28.2 Å². The Hall–Kier alpha value is -1.27. The average molecular weight is 370 g/mol. The van der Waals surface area contributed by atoms with Gasteiger partial charge in [0.05, 0.1) is 0 Å². The number of hydrogen-bond donors (Lipinski definition) is 1. The topological polar surface area (TPSA) is 58.8 Å². The van der Waals surface area contributed by atoms with Crippen LogP contribution in [0, 0.1) is 0 Å². The summed E-state index contributed by atoms with van der Waals surface area (Å²) >= 11 is 3.54. The van der Waals surface area contributed by atoms with Gasteiger partial charge >= 0.3 is 6.09 Å². The zero-order valence-corrected chi connectivity index (χ0v) is 15.0. The normalized spacial score (nSPS) is 16.6. The van der Waals surface area contributed by atoms with Crippen LogP contribution in [0.2, 0.25) is 0 Å². The SMILES string of the molecule is CC(C)(C)OC(=O)N1CCN(Cc2cccc(N)c2Br)CC1. The molecule has 1 aliphatic heterocycles. The predicted octanol–water partition coefficient (Wildman–Crippen LogP) is 3.08. The summed E-state index contributed by atoms with van der Waals surface area (Å²) < 4.78 is 6.37. The molecule has 1 amide bonds. The fourth-order valence-electron chi connectivity index (χ4n) is 2.38. The molecule has 0 bridgehead atoms. The average Bonchev–Trinajstić information content (AvgIpc) is 2.43. The molecule has 1 heterocycles. The highest BCUT2D eigenvalue weighted by Gasteiger charge is 2.26. The quantitative estimate of drug-likeness (QED) is 0.813. The van der Waals surface area contributed by atoms with Crippen molar-refractivity contribution in [3.8, 4) is 0 Å². The second-order valence-corrected chi connectivity index (χ2v) is 7.36. The van der Waals surface area contributed by atoms with Crippen molar-refractivity contribution in [2.75, 3.05) is 31.9 Å². The lowest BCUT2D eigenvalue weighted by molar-refractivity contribution is 0.0139. The van der Waals surface area contributed by atoms with Gasteiger partial charge in [-0.3, -0.25) is 4.90 Å². The number of rotatable bonds is 2. The van der Waals surface area contributed by atoms with Crippen LogP contribution in [0.4, 0.5) is 10.5 Å². The van der Waals surface area contributed by atoms with E-state index in [1.807, 2.05) is 32.9 Å². The van der Waals surface area contributed by atoms with Crippen LogP contribution in [0.15, 0.2) is 22.7 Å². The first-order valence-corrected chi connectivity index (χ1v) is 8.29. The summed E-state index contributed by atoms with van der Waals surface area (Å²) in [6.45, 7) is 9.54. The smallest absolute Gasteiger partial charge is 0.410 e. The van der Waals surface area contributed by atoms with Gasteiger partial charge in [-0.05, 0) is 48.3 Å². The van der Waals surface area contributed by atoms with Crippen molar-refractivity contribution in [2.24, 2.45) is 0 Å². The van der Waals surface area contributed by atoms with Crippen molar-refractivity contribution in [2.45, 2.75) is 32.9 Å². The summed E-state index contributed by atoms with van der Waals surface area (Å²) in [5.74, 6) is 0. The monoisotopic (exact) mass is 369 g/mol. The molecule has 0 unspecified atom stereocenters. The molecule has 0 saturated carbocycles. The molecule has 2 rings (SSSR count). The number of carbonyl (C=O) groups is 1. The molecule has 1 aromatic rings. The van der Waals surface area contributed by atoms with Gasteiger partial charge in [0.2, 0.25) is 0 Å². The summed E-state index contributed by atoms with van der Waals surface area (Å²) in [5.41, 5.74) is 7.39. The number of carbonyl (C=O) groups excluding carboxylic acids is 1. The molecule has 0 aromatic heterocycles. The number of amides is 1. The molecule has 0 spiro atoms. The maximum Gasteiger partial charge on any atom is 0.410 e. The van der Waals surface area contributed by atoms with Gasteiger partial charge < -0.3 is 15.4 Å². The first kappa shape index (κ1) is 17.1. The maximum absolute atomic E-state index is 12.0. The van der Waals surface area contributed by atoms with Gasteiger partial charge in [-0.2, -0.15) is 0 Å². The third kappa shape index (κ3) is 4.61. The number of halogens is 1. The van der Waals surface area contributed by atoms with E-state index in [1.165, 1.54) is 5.56 Å². The second kappa shape index (κ2) is 6.87. The molecule has 1 fully saturated rings. The first-order valence-electron chi connectivity index (χ1n) is 7.49. The summed E-state index contributed by atoms with van der Waals surface area (Å²) in [6.07, 6.45) is -0.225. The van der Waals surface area contributed by atoms with Crippen LogP contribution >= 0.6 is 15.9 Å². The predicted molar refractivity (Wildman–Crippen MR) is 91.6 cm³/mol. The van der Waals surface area contributed by atoms with Gasteiger partial charge in [-0.15, -0.1) is 0 Å². The van der Waals surface area contributed by atoms with Crippen LogP contribution in [0.5, 0.6) is 0 Å². The fourth-order valence-corrected chi connectivity index (χ4v) is 2.77. The number of hydrogen-bond acceptors (Lipinski definition) is 4. The van der Waals surface area contributed by atoms with Gasteiger partial charge in [-0.25, -0.2) is 4.79 Å². The lowest BCUT2D eigenvalue weighted by atomic mass is 10.1. The molecular weight excluding hydrogens is 346 g/mol. The molecule has 1 aliphatic rings. The van der Waals surface area contributed by atoms with Gasteiger partial charge in [-0.1, -0.05) is 12.1 Å². The van der Waals surface area contributed by atoms with Crippen molar-refractivity contribution < 1.29 is 9.53 Å². The van der Waals surface area contributed by atoms with E-state index >= 15 is 0 Å². The standard InChI is InChI=1S/C16H24BrN3O2/c1-16(2,3)22-15(21)20-9-7-19(8-10-20)11-12-5-4-6-13(18)14(12)17/h4-6H,7-11,18H2,1-3H3. The lowest BCUT2D eigenvalue weighted by Crippen LogP contribution is -2.49. The number of anilines is 1. The Labute approximate surface area is 140 Å². The van der Waals surface area contributed by atoms with E-state index in [1.54, 1.807) is 4.90 Å². The minimum Gasteiger partial charge on any atom is -0.444 e. The number of piperazine rings is 1. The van der Waals surface area contributed by atoms with E-state index < -0.39 is 5.60 Å². The Kier molecular flexibility index (Phi) is 5.34. The van der Waals surface area contributed by atoms with E-state index in [0.717, 1.165) is 29.8 Å². The molecule has 6 heteroatoms. The highest BCUT2D eigenvalue weighted by Crippen LogP contribution is 2.25. The Morgan fingerprint density at radius 3 is 2.50 bits per heavy atom. The fraction of sp³-hybridized carbons (Fsp3) is 0.562. The number of benzene rings is 1. The van der Waals surface area contributed by atoms with Gasteiger partial charge in [0, 0.05) is 42.9 Å². The Morgan fingerprint density at radius 2 is 1.91 bits per heavy atom. The maximum atomic E-state index is 12.0. The Morgan fingerprint density at radius 1 is 1.27 bits per heavy atom. The summed E-state index contributed by atoms with van der Waals surface area (Å²) in [4.78, 5) is 16.1. The third-order valence-electron chi connectivity index (χ3n) is 3.53. The molecule has 22 heavy (non-hydrogen) atoms. The highest BCUT2D eigenvalue weighted by atomic mass is 79.9. The minimum atomic E-state index is -0.444. The van der Waals surface area contributed by atoms with Crippen LogP contribution < -0.4 is 5.73 Å². The number of nitrogens with two attached hydrogens (primary N) is 1. The van der Waals surface area contributed by atoms with E-state index in [-0.39, 0.29) is 6.09 Å². The van der Waals surface area contributed by atoms with Crippen molar-refractivity contribution in [1.29, 1.82) is 0 Å². The molecule has 0 radical (unpaired) electrons. The van der Waals surface area contributed by atoms with Gasteiger partial charge in [0.25, 0.3) is 0 Å². The molecule has 122 valence electrons. The van der Waals surface area contributed by atoms with Crippen LogP contribution in [0.25, 0.3) is 0 Å². The second-order valence-electron chi connectivity index (χ2n) is 6.56. The highest BCUT2D eigenvalue weighted by molar-refractivity contribution is 9.10. The van der Waals surface area contributed by atoms with Crippen molar-refractivity contribution >= 4 is 27.7 Å². The van der Waals surface area contributed by atoms with Crippen LogP contribution in [-0.4, -0.2) is 47.7 Å². The molecule has 1 saturated heterocycles. The molecular formula is C16H24BrN3O2. The van der Waals surface area contributed by atoms with E-state index in [9.17, 15) is 4.79 Å². The largest absolute Gasteiger partial charge is 0.444 e. The van der Waals surface area contributed by atoms with Crippen LogP contribution in [0.3, 0.4) is 0 Å². The lowest BCUT2D eigenvalue weighted by Gasteiger charge is -2.35. The van der Waals surface area contributed by atoms with Gasteiger partial charge in [0.1, 0.15) is 5.60 Å². The third-order valence-corrected chi connectivity index (χ3v) is 4.49. The van der Waals surface area contributed by atoms with Crippen LogP contribution in [-0.2, 0) is 11.3 Å². The zero-order chi connectivity index (χ0) is 16.3. The number of nitrogen functional groups attached to an aromatic ring is 1.